The molecule has 0 spiro atoms. The Balaban J connectivity index is 2.28. The van der Waals surface area contributed by atoms with Crippen molar-refractivity contribution >= 4 is 5.91 Å². The number of rotatable bonds is 3. The van der Waals surface area contributed by atoms with Gasteiger partial charge in [0.15, 0.2) is 0 Å². The lowest BCUT2D eigenvalue weighted by atomic mass is 9.95. The summed E-state index contributed by atoms with van der Waals surface area (Å²) in [6.45, 7) is 1.81. The van der Waals surface area contributed by atoms with Crippen molar-refractivity contribution < 1.29 is 4.79 Å². The first kappa shape index (κ1) is 11.0. The van der Waals surface area contributed by atoms with E-state index in [1.54, 1.807) is 6.92 Å². The molecule has 3 nitrogen and oxygen atoms in total. The molecule has 0 aromatic heterocycles. The molecule has 1 N–H and O–H groups in total. The summed E-state index contributed by atoms with van der Waals surface area (Å²) in [7, 11) is 0. The zero-order valence-corrected chi connectivity index (χ0v) is 8.75. The number of carbonyl (C=O) groups excluding carboxylic acids is 1. The topological polar surface area (TPSA) is 52.9 Å². The average Bonchev–Trinajstić information content (AvgIpc) is 2.19. The lowest BCUT2D eigenvalue weighted by Crippen LogP contribution is -2.39. The number of nitrogens with zero attached hydrogens (tertiary/aromatic N) is 1. The maximum atomic E-state index is 11.5. The molecule has 1 rings (SSSR count). The highest BCUT2D eigenvalue weighted by molar-refractivity contribution is 5.78. The van der Waals surface area contributed by atoms with Gasteiger partial charge in [0.25, 0.3) is 0 Å². The minimum absolute atomic E-state index is 0.0402. The normalized spacial score (nSPS) is 19.7. The molecule has 0 aliphatic heterocycles. The second kappa shape index (κ2) is 5.64. The molecule has 0 heterocycles. The van der Waals surface area contributed by atoms with Crippen LogP contribution in [0.3, 0.4) is 0 Å². The molecule has 1 atom stereocenters. The largest absolute Gasteiger partial charge is 0.353 e. The van der Waals surface area contributed by atoms with Crippen molar-refractivity contribution in [3.05, 3.63) is 0 Å². The smallest absolute Gasteiger partial charge is 0.224 e. The molecule has 78 valence electrons. The van der Waals surface area contributed by atoms with Crippen LogP contribution in [-0.4, -0.2) is 11.9 Å². The van der Waals surface area contributed by atoms with Crippen LogP contribution >= 0.6 is 0 Å². The highest BCUT2D eigenvalue weighted by Crippen LogP contribution is 2.17. The second-order valence-corrected chi connectivity index (χ2v) is 4.11. The van der Waals surface area contributed by atoms with Gasteiger partial charge in [0, 0.05) is 18.4 Å². The van der Waals surface area contributed by atoms with Crippen molar-refractivity contribution in [2.24, 2.45) is 5.92 Å². The molecule has 0 aromatic carbocycles. The molecule has 1 saturated carbocycles. The Morgan fingerprint density at radius 3 is 2.71 bits per heavy atom. The SMILES string of the molecule is CC(CC#N)C(=O)NC1CCCCC1. The first-order valence-corrected chi connectivity index (χ1v) is 5.41. The predicted octanol–water partition coefficient (Wildman–Crippen LogP) is 1.99. The Morgan fingerprint density at radius 2 is 2.14 bits per heavy atom. The molecule has 1 fully saturated rings. The van der Waals surface area contributed by atoms with Gasteiger partial charge in [-0.15, -0.1) is 0 Å². The molecule has 1 amide bonds. The number of nitriles is 1. The summed E-state index contributed by atoms with van der Waals surface area (Å²) < 4.78 is 0. The molecule has 3 heteroatoms. The Kier molecular flexibility index (Phi) is 4.45. The van der Waals surface area contributed by atoms with Crippen LogP contribution < -0.4 is 5.32 Å². The number of hydrogen-bond acceptors (Lipinski definition) is 2. The summed E-state index contributed by atoms with van der Waals surface area (Å²) in [6, 6.07) is 2.38. The third-order valence-corrected chi connectivity index (χ3v) is 2.80. The summed E-state index contributed by atoms with van der Waals surface area (Å²) in [5, 5.41) is 11.5. The van der Waals surface area contributed by atoms with Crippen LogP contribution in [0.5, 0.6) is 0 Å². The minimum atomic E-state index is -0.165. The lowest BCUT2D eigenvalue weighted by molar-refractivity contribution is -0.125. The van der Waals surface area contributed by atoms with Gasteiger partial charge in [-0.3, -0.25) is 4.79 Å². The summed E-state index contributed by atoms with van der Waals surface area (Å²) >= 11 is 0. The molecule has 0 aromatic rings. The first-order valence-electron chi connectivity index (χ1n) is 5.41. The fourth-order valence-electron chi connectivity index (χ4n) is 1.82. The van der Waals surface area contributed by atoms with E-state index in [9.17, 15) is 4.79 Å². The second-order valence-electron chi connectivity index (χ2n) is 4.11. The van der Waals surface area contributed by atoms with Gasteiger partial charge in [0.05, 0.1) is 6.07 Å². The highest BCUT2D eigenvalue weighted by Gasteiger charge is 2.18. The number of nitrogens with one attached hydrogen (secondary N) is 1. The predicted molar refractivity (Wildman–Crippen MR) is 54.4 cm³/mol. The molecular weight excluding hydrogens is 176 g/mol. The lowest BCUT2D eigenvalue weighted by Gasteiger charge is -2.23. The van der Waals surface area contributed by atoms with E-state index in [-0.39, 0.29) is 11.8 Å². The Morgan fingerprint density at radius 1 is 1.50 bits per heavy atom. The molecule has 1 unspecified atom stereocenters. The quantitative estimate of drug-likeness (QED) is 0.747. The summed E-state index contributed by atoms with van der Waals surface area (Å²) in [5.41, 5.74) is 0. The van der Waals surface area contributed by atoms with E-state index in [4.69, 9.17) is 5.26 Å². The monoisotopic (exact) mass is 194 g/mol. The van der Waals surface area contributed by atoms with Gasteiger partial charge >= 0.3 is 0 Å². The van der Waals surface area contributed by atoms with Gasteiger partial charge in [-0.05, 0) is 12.8 Å². The van der Waals surface area contributed by atoms with Crippen molar-refractivity contribution in [1.29, 1.82) is 5.26 Å². The molecule has 0 radical (unpaired) electrons. The Bertz CT molecular complexity index is 226. The molecule has 14 heavy (non-hydrogen) atoms. The van der Waals surface area contributed by atoms with E-state index in [1.807, 2.05) is 6.07 Å². The molecular formula is C11H18N2O. The number of amides is 1. The fraction of sp³-hybridized carbons (Fsp3) is 0.818. The van der Waals surface area contributed by atoms with Crippen molar-refractivity contribution in [3.8, 4) is 6.07 Å². The summed E-state index contributed by atoms with van der Waals surface area (Å²) in [6.07, 6.45) is 6.25. The number of hydrogen-bond donors (Lipinski definition) is 1. The van der Waals surface area contributed by atoms with Crippen LogP contribution in [0.25, 0.3) is 0 Å². The van der Waals surface area contributed by atoms with Gasteiger partial charge in [-0.25, -0.2) is 0 Å². The molecule has 0 saturated heterocycles. The standard InChI is InChI=1S/C11H18N2O/c1-9(7-8-12)11(14)13-10-5-3-2-4-6-10/h9-10H,2-7H2,1H3,(H,13,14). The Hall–Kier alpha value is -1.04. The van der Waals surface area contributed by atoms with E-state index in [1.165, 1.54) is 19.3 Å². The zero-order valence-electron chi connectivity index (χ0n) is 8.75. The molecule has 1 aliphatic rings. The van der Waals surface area contributed by atoms with Crippen molar-refractivity contribution in [1.82, 2.24) is 5.32 Å². The van der Waals surface area contributed by atoms with Crippen molar-refractivity contribution in [2.45, 2.75) is 51.5 Å². The highest BCUT2D eigenvalue weighted by atomic mass is 16.1. The van der Waals surface area contributed by atoms with Crippen LogP contribution in [0.4, 0.5) is 0 Å². The van der Waals surface area contributed by atoms with E-state index < -0.39 is 0 Å². The van der Waals surface area contributed by atoms with Crippen LogP contribution in [-0.2, 0) is 4.79 Å². The van der Waals surface area contributed by atoms with Crippen LogP contribution in [0.1, 0.15) is 45.4 Å². The van der Waals surface area contributed by atoms with E-state index in [2.05, 4.69) is 5.32 Å². The average molecular weight is 194 g/mol. The van der Waals surface area contributed by atoms with Crippen molar-refractivity contribution in [3.63, 3.8) is 0 Å². The van der Waals surface area contributed by atoms with Crippen LogP contribution in [0.15, 0.2) is 0 Å². The number of carbonyl (C=O) groups is 1. The van der Waals surface area contributed by atoms with Gasteiger partial charge in [-0.2, -0.15) is 5.26 Å². The maximum Gasteiger partial charge on any atom is 0.224 e. The van der Waals surface area contributed by atoms with Gasteiger partial charge in [-0.1, -0.05) is 26.2 Å². The maximum absolute atomic E-state index is 11.5. The Labute approximate surface area is 85.5 Å². The van der Waals surface area contributed by atoms with Gasteiger partial charge in [0.2, 0.25) is 5.91 Å². The van der Waals surface area contributed by atoms with E-state index in [0.717, 1.165) is 12.8 Å². The van der Waals surface area contributed by atoms with Crippen LogP contribution in [0, 0.1) is 17.2 Å². The van der Waals surface area contributed by atoms with Gasteiger partial charge in [0.1, 0.15) is 0 Å². The summed E-state index contributed by atoms with van der Waals surface area (Å²) in [5.74, 6) is -0.125. The fourth-order valence-corrected chi connectivity index (χ4v) is 1.82. The molecule has 0 bridgehead atoms. The van der Waals surface area contributed by atoms with E-state index in [0.29, 0.717) is 12.5 Å². The summed E-state index contributed by atoms with van der Waals surface area (Å²) in [4.78, 5) is 11.5. The van der Waals surface area contributed by atoms with Crippen LogP contribution in [0.2, 0.25) is 0 Å². The zero-order chi connectivity index (χ0) is 10.4. The first-order chi connectivity index (χ1) is 6.74. The van der Waals surface area contributed by atoms with Gasteiger partial charge < -0.3 is 5.32 Å². The van der Waals surface area contributed by atoms with E-state index >= 15 is 0 Å². The third kappa shape index (κ3) is 3.37. The molecule has 1 aliphatic carbocycles. The van der Waals surface area contributed by atoms with Crippen molar-refractivity contribution in [2.75, 3.05) is 0 Å². The third-order valence-electron chi connectivity index (χ3n) is 2.80. The minimum Gasteiger partial charge on any atom is -0.353 e.